The second-order valence-electron chi connectivity index (χ2n) is 8.84. The molecule has 2 saturated heterocycles. The van der Waals surface area contributed by atoms with Crippen LogP contribution in [0.1, 0.15) is 17.4 Å². The first kappa shape index (κ1) is 23.6. The van der Waals surface area contributed by atoms with Crippen LogP contribution in [0.4, 0.5) is 15.8 Å². The van der Waals surface area contributed by atoms with Crippen LogP contribution in [0, 0.1) is 5.82 Å². The van der Waals surface area contributed by atoms with Crippen molar-refractivity contribution < 1.29 is 28.2 Å². The first-order valence-electron chi connectivity index (χ1n) is 11.6. The van der Waals surface area contributed by atoms with Crippen molar-refractivity contribution >= 4 is 28.8 Å². The number of anilines is 2. The fourth-order valence-corrected chi connectivity index (χ4v) is 4.71. The second-order valence-corrected chi connectivity index (χ2v) is 8.84. The van der Waals surface area contributed by atoms with E-state index in [1.54, 1.807) is 24.3 Å². The summed E-state index contributed by atoms with van der Waals surface area (Å²) in [5.41, 5.74) is 1.25. The Morgan fingerprint density at radius 2 is 1.72 bits per heavy atom. The minimum absolute atomic E-state index is 0.0301. The van der Waals surface area contributed by atoms with Crippen LogP contribution in [0.15, 0.2) is 70.9 Å². The van der Waals surface area contributed by atoms with E-state index >= 15 is 0 Å². The number of aliphatic hydroxyl groups is 1. The molecule has 5 rings (SSSR count). The molecule has 1 N–H and O–H groups in total. The van der Waals surface area contributed by atoms with Gasteiger partial charge in [0.2, 0.25) is 0 Å². The minimum Gasteiger partial charge on any atom is -0.507 e. The number of carbonyl (C=O) groups is 2. The van der Waals surface area contributed by atoms with Crippen molar-refractivity contribution in [1.82, 2.24) is 4.90 Å². The highest BCUT2D eigenvalue weighted by Gasteiger charge is 2.48. The third-order valence-electron chi connectivity index (χ3n) is 6.67. The third-order valence-corrected chi connectivity index (χ3v) is 6.67. The van der Waals surface area contributed by atoms with Crippen LogP contribution in [0.25, 0.3) is 5.76 Å². The van der Waals surface area contributed by atoms with Gasteiger partial charge in [0.15, 0.2) is 0 Å². The van der Waals surface area contributed by atoms with Gasteiger partial charge in [0, 0.05) is 37.6 Å². The number of hydrogen-bond acceptors (Lipinski definition) is 7. The summed E-state index contributed by atoms with van der Waals surface area (Å²) in [6.07, 6.45) is 1.43. The minimum atomic E-state index is -1.04. The average Bonchev–Trinajstić information content (AvgIpc) is 3.51. The number of carbonyl (C=O) groups excluding carboxylic acids is 2. The lowest BCUT2D eigenvalue weighted by atomic mass is 9.98. The molecule has 3 heterocycles. The van der Waals surface area contributed by atoms with Gasteiger partial charge in [-0.3, -0.25) is 14.5 Å². The van der Waals surface area contributed by atoms with Gasteiger partial charge in [0.05, 0.1) is 24.5 Å². The Balaban J connectivity index is 1.58. The third kappa shape index (κ3) is 4.11. The quantitative estimate of drug-likeness (QED) is 0.330. The van der Waals surface area contributed by atoms with Crippen molar-refractivity contribution in [2.24, 2.45) is 0 Å². The van der Waals surface area contributed by atoms with Crippen molar-refractivity contribution in [3.8, 4) is 5.75 Å². The molecule has 0 saturated carbocycles. The Morgan fingerprint density at radius 1 is 1.03 bits per heavy atom. The summed E-state index contributed by atoms with van der Waals surface area (Å²) in [6, 6.07) is 13.2. The molecule has 1 aromatic heterocycles. The SMILES string of the molecule is COc1ccc(F)cc1/C(O)=C1/C(=O)C(=O)N(c2ccc(N3CCN(C)CC3)cc2)C1c1ccco1. The number of likely N-dealkylation sites (N-methyl/N-ethyl adjacent to an activating group) is 1. The first-order valence-corrected chi connectivity index (χ1v) is 11.6. The Labute approximate surface area is 207 Å². The number of furan rings is 1. The largest absolute Gasteiger partial charge is 0.507 e. The van der Waals surface area contributed by atoms with Crippen LogP contribution >= 0.6 is 0 Å². The van der Waals surface area contributed by atoms with E-state index in [9.17, 15) is 19.1 Å². The number of amides is 1. The van der Waals surface area contributed by atoms with Crippen molar-refractivity contribution in [3.63, 3.8) is 0 Å². The summed E-state index contributed by atoms with van der Waals surface area (Å²) in [4.78, 5) is 32.3. The molecule has 2 aliphatic rings. The maximum Gasteiger partial charge on any atom is 0.300 e. The molecule has 0 aliphatic carbocycles. The molecule has 0 radical (unpaired) electrons. The molecule has 2 aliphatic heterocycles. The summed E-state index contributed by atoms with van der Waals surface area (Å²) in [6.45, 7) is 3.70. The van der Waals surface area contributed by atoms with Crippen LogP contribution in [-0.4, -0.2) is 62.0 Å². The second kappa shape index (κ2) is 9.50. The average molecular weight is 492 g/mol. The Hall–Kier alpha value is -4.11. The molecule has 0 bridgehead atoms. The Bertz CT molecular complexity index is 1310. The highest BCUT2D eigenvalue weighted by molar-refractivity contribution is 6.51. The smallest absolute Gasteiger partial charge is 0.300 e. The molecule has 8 nitrogen and oxygen atoms in total. The molecule has 1 atom stereocenters. The summed E-state index contributed by atoms with van der Waals surface area (Å²) >= 11 is 0. The van der Waals surface area contributed by atoms with Gasteiger partial charge in [0.1, 0.15) is 29.1 Å². The number of benzene rings is 2. The number of rotatable bonds is 5. The van der Waals surface area contributed by atoms with Gasteiger partial charge < -0.3 is 24.1 Å². The number of piperazine rings is 1. The van der Waals surface area contributed by atoms with E-state index < -0.39 is 29.3 Å². The molecule has 36 heavy (non-hydrogen) atoms. The van der Waals surface area contributed by atoms with Gasteiger partial charge in [-0.15, -0.1) is 0 Å². The van der Waals surface area contributed by atoms with Crippen LogP contribution in [0.5, 0.6) is 5.75 Å². The lowest BCUT2D eigenvalue weighted by Crippen LogP contribution is -2.44. The predicted molar refractivity (Wildman–Crippen MR) is 133 cm³/mol. The van der Waals surface area contributed by atoms with E-state index in [0.29, 0.717) is 5.69 Å². The fourth-order valence-electron chi connectivity index (χ4n) is 4.71. The first-order chi connectivity index (χ1) is 17.4. The molecule has 9 heteroatoms. The summed E-state index contributed by atoms with van der Waals surface area (Å²) < 4.78 is 24.9. The van der Waals surface area contributed by atoms with Crippen molar-refractivity contribution in [2.75, 3.05) is 50.1 Å². The van der Waals surface area contributed by atoms with Crippen LogP contribution in [-0.2, 0) is 9.59 Å². The van der Waals surface area contributed by atoms with E-state index in [1.165, 1.54) is 30.4 Å². The van der Waals surface area contributed by atoms with Crippen LogP contribution in [0.2, 0.25) is 0 Å². The van der Waals surface area contributed by atoms with E-state index in [0.717, 1.165) is 37.9 Å². The summed E-state index contributed by atoms with van der Waals surface area (Å²) in [5.74, 6) is -2.43. The van der Waals surface area contributed by atoms with Gasteiger partial charge in [-0.2, -0.15) is 0 Å². The molecule has 186 valence electrons. The monoisotopic (exact) mass is 491 g/mol. The molecule has 1 amide bonds. The van der Waals surface area contributed by atoms with Gasteiger partial charge >= 0.3 is 0 Å². The number of Topliss-reactive ketones (excluding diaryl/α,β-unsaturated/α-hetero) is 1. The topological polar surface area (TPSA) is 86.5 Å². The van der Waals surface area contributed by atoms with E-state index in [1.807, 2.05) is 12.1 Å². The van der Waals surface area contributed by atoms with E-state index in [2.05, 4.69) is 16.8 Å². The zero-order valence-corrected chi connectivity index (χ0v) is 20.0. The molecular formula is C27H26FN3O5. The van der Waals surface area contributed by atoms with Gasteiger partial charge in [-0.05, 0) is 61.6 Å². The van der Waals surface area contributed by atoms with Gasteiger partial charge in [-0.1, -0.05) is 0 Å². The number of ether oxygens (including phenoxy) is 1. The maximum absolute atomic E-state index is 14.1. The number of methoxy groups -OCH3 is 1. The van der Waals surface area contributed by atoms with Gasteiger partial charge in [0.25, 0.3) is 11.7 Å². The standard InChI is InChI=1S/C27H26FN3O5/c1-29-11-13-30(14-12-29)18-6-8-19(9-7-18)31-24(22-4-3-15-36-22)23(26(33)27(31)34)25(32)20-16-17(28)5-10-21(20)35-2/h3-10,15-16,24,32H,11-14H2,1-2H3/b25-23-. The van der Waals surface area contributed by atoms with E-state index in [-0.39, 0.29) is 22.6 Å². The molecule has 0 spiro atoms. The normalized spacial score (nSPS) is 20.2. The van der Waals surface area contributed by atoms with Crippen LogP contribution in [0.3, 0.4) is 0 Å². The predicted octanol–water partition coefficient (Wildman–Crippen LogP) is 3.81. The molecule has 2 fully saturated rings. The van der Waals surface area contributed by atoms with E-state index in [4.69, 9.17) is 9.15 Å². The fraction of sp³-hybridized carbons (Fsp3) is 0.259. The zero-order valence-electron chi connectivity index (χ0n) is 20.0. The Kier molecular flexibility index (Phi) is 6.24. The van der Waals surface area contributed by atoms with Gasteiger partial charge in [-0.25, -0.2) is 4.39 Å². The van der Waals surface area contributed by atoms with Crippen molar-refractivity contribution in [2.45, 2.75) is 6.04 Å². The maximum atomic E-state index is 14.1. The number of halogens is 1. The highest BCUT2D eigenvalue weighted by Crippen LogP contribution is 2.43. The lowest BCUT2D eigenvalue weighted by Gasteiger charge is -2.34. The summed E-state index contributed by atoms with van der Waals surface area (Å²) in [5, 5.41) is 11.2. The molecule has 3 aromatic rings. The number of aliphatic hydroxyl groups excluding tert-OH is 1. The molecular weight excluding hydrogens is 465 g/mol. The number of nitrogens with zero attached hydrogens (tertiary/aromatic N) is 3. The van der Waals surface area contributed by atoms with Crippen LogP contribution < -0.4 is 14.5 Å². The summed E-state index contributed by atoms with van der Waals surface area (Å²) in [7, 11) is 3.46. The van der Waals surface area contributed by atoms with Crippen molar-refractivity contribution in [1.29, 1.82) is 0 Å². The molecule has 1 unspecified atom stereocenters. The zero-order chi connectivity index (χ0) is 25.4. The Morgan fingerprint density at radius 3 is 2.36 bits per heavy atom. The number of ketones is 1. The number of hydrogen-bond donors (Lipinski definition) is 1. The lowest BCUT2D eigenvalue weighted by molar-refractivity contribution is -0.132. The highest BCUT2D eigenvalue weighted by atomic mass is 19.1. The van der Waals surface area contributed by atoms with Crippen molar-refractivity contribution in [3.05, 3.63) is 83.6 Å². The molecule has 2 aromatic carbocycles.